The van der Waals surface area contributed by atoms with Crippen molar-refractivity contribution in [1.82, 2.24) is 0 Å². The molecule has 0 saturated carbocycles. The third-order valence-corrected chi connectivity index (χ3v) is 3.69. The molecule has 0 saturated heterocycles. The number of ether oxygens (including phenoxy) is 2. The number of hydrogen-bond donors (Lipinski definition) is 0. The standard InChI is InChI=1S/C17H20O4S/c1-12(2)16(18)20-10-14(21-17(19)13(3)4)11-22-15-8-6-5-7-9-15/h5-9,14H,1,3,10-11H2,2,4H3. The molecule has 0 fully saturated rings. The highest BCUT2D eigenvalue weighted by atomic mass is 32.2. The van der Waals surface area contributed by atoms with E-state index >= 15 is 0 Å². The van der Waals surface area contributed by atoms with Crippen molar-refractivity contribution in [2.24, 2.45) is 0 Å². The van der Waals surface area contributed by atoms with Crippen LogP contribution in [0.25, 0.3) is 0 Å². The van der Waals surface area contributed by atoms with Crippen molar-refractivity contribution in [3.63, 3.8) is 0 Å². The Hall–Kier alpha value is -2.01. The molecule has 0 amide bonds. The number of carbonyl (C=O) groups is 2. The van der Waals surface area contributed by atoms with Gasteiger partial charge in [0.05, 0.1) is 0 Å². The minimum atomic E-state index is -0.544. The van der Waals surface area contributed by atoms with Crippen LogP contribution in [0.1, 0.15) is 13.8 Å². The van der Waals surface area contributed by atoms with E-state index in [-0.39, 0.29) is 6.61 Å². The fraction of sp³-hybridized carbons (Fsp3) is 0.294. The summed E-state index contributed by atoms with van der Waals surface area (Å²) in [6, 6.07) is 9.71. The second-order valence-corrected chi connectivity index (χ2v) is 5.90. The quantitative estimate of drug-likeness (QED) is 0.417. The molecule has 22 heavy (non-hydrogen) atoms. The molecule has 1 rings (SSSR count). The van der Waals surface area contributed by atoms with Crippen LogP contribution in [-0.4, -0.2) is 30.4 Å². The summed E-state index contributed by atoms with van der Waals surface area (Å²) in [5.74, 6) is -0.516. The van der Waals surface area contributed by atoms with Crippen LogP contribution in [0.3, 0.4) is 0 Å². The Morgan fingerprint density at radius 2 is 1.68 bits per heavy atom. The highest BCUT2D eigenvalue weighted by Crippen LogP contribution is 2.19. The second kappa shape index (κ2) is 9.10. The summed E-state index contributed by atoms with van der Waals surface area (Å²) in [5.41, 5.74) is 0.613. The molecular formula is C17H20O4S. The largest absolute Gasteiger partial charge is 0.458 e. The molecule has 5 heteroatoms. The maximum Gasteiger partial charge on any atom is 0.333 e. The zero-order valence-electron chi connectivity index (χ0n) is 12.8. The molecule has 1 aromatic rings. The van der Waals surface area contributed by atoms with Crippen molar-refractivity contribution in [2.75, 3.05) is 12.4 Å². The Labute approximate surface area is 135 Å². The average Bonchev–Trinajstić information content (AvgIpc) is 2.50. The number of esters is 2. The molecule has 0 N–H and O–H groups in total. The summed E-state index contributed by atoms with van der Waals surface area (Å²) < 4.78 is 10.4. The monoisotopic (exact) mass is 320 g/mol. The number of thioether (sulfide) groups is 1. The van der Waals surface area contributed by atoms with E-state index in [9.17, 15) is 9.59 Å². The first-order valence-electron chi connectivity index (χ1n) is 6.77. The van der Waals surface area contributed by atoms with Gasteiger partial charge in [0.15, 0.2) is 0 Å². The van der Waals surface area contributed by atoms with Crippen LogP contribution < -0.4 is 0 Å². The predicted octanol–water partition coefficient (Wildman–Crippen LogP) is 3.39. The summed E-state index contributed by atoms with van der Waals surface area (Å²) in [5, 5.41) is 0. The maximum absolute atomic E-state index is 11.7. The van der Waals surface area contributed by atoms with Gasteiger partial charge in [-0.05, 0) is 26.0 Å². The van der Waals surface area contributed by atoms with Crippen molar-refractivity contribution >= 4 is 23.7 Å². The number of rotatable bonds is 8. The van der Waals surface area contributed by atoms with E-state index in [1.807, 2.05) is 30.3 Å². The third kappa shape index (κ3) is 6.63. The van der Waals surface area contributed by atoms with Crippen LogP contribution >= 0.6 is 11.8 Å². The molecule has 1 atom stereocenters. The van der Waals surface area contributed by atoms with Crippen LogP contribution in [0.4, 0.5) is 0 Å². The van der Waals surface area contributed by atoms with Crippen molar-refractivity contribution < 1.29 is 19.1 Å². The van der Waals surface area contributed by atoms with Crippen LogP contribution in [0.15, 0.2) is 59.5 Å². The Morgan fingerprint density at radius 1 is 1.09 bits per heavy atom. The van der Waals surface area contributed by atoms with Crippen LogP contribution in [0.5, 0.6) is 0 Å². The van der Waals surface area contributed by atoms with Gasteiger partial charge in [-0.2, -0.15) is 0 Å². The van der Waals surface area contributed by atoms with Crippen molar-refractivity contribution in [3.05, 3.63) is 54.6 Å². The summed E-state index contributed by atoms with van der Waals surface area (Å²) in [6.07, 6.45) is -0.544. The first kappa shape index (κ1) is 18.0. The SMILES string of the molecule is C=C(C)C(=O)OCC(CSc1ccccc1)OC(=O)C(=C)C. The lowest BCUT2D eigenvalue weighted by atomic mass is 10.3. The Kier molecular flexibility index (Phi) is 7.46. The van der Waals surface area contributed by atoms with Gasteiger partial charge in [-0.1, -0.05) is 31.4 Å². The molecule has 0 bridgehead atoms. The van der Waals surface area contributed by atoms with Gasteiger partial charge < -0.3 is 9.47 Å². The zero-order valence-corrected chi connectivity index (χ0v) is 13.7. The van der Waals surface area contributed by atoms with Gasteiger partial charge in [0.2, 0.25) is 0 Å². The van der Waals surface area contributed by atoms with E-state index in [4.69, 9.17) is 9.47 Å². The van der Waals surface area contributed by atoms with Crippen LogP contribution in [0, 0.1) is 0 Å². The third-order valence-electron chi connectivity index (χ3n) is 2.55. The molecule has 0 radical (unpaired) electrons. The van der Waals surface area contributed by atoms with E-state index in [0.29, 0.717) is 16.9 Å². The molecule has 0 aliphatic heterocycles. The predicted molar refractivity (Wildman–Crippen MR) is 87.6 cm³/mol. The van der Waals surface area contributed by atoms with Crippen LogP contribution in [-0.2, 0) is 19.1 Å². The minimum absolute atomic E-state index is 0.00938. The second-order valence-electron chi connectivity index (χ2n) is 4.81. The van der Waals surface area contributed by atoms with Gasteiger partial charge in [-0.3, -0.25) is 0 Å². The minimum Gasteiger partial charge on any atom is -0.458 e. The Bertz CT molecular complexity index is 551. The summed E-state index contributed by atoms with van der Waals surface area (Å²) in [4.78, 5) is 24.2. The van der Waals surface area contributed by atoms with E-state index in [2.05, 4.69) is 13.2 Å². The van der Waals surface area contributed by atoms with E-state index in [0.717, 1.165) is 4.90 Å². The van der Waals surface area contributed by atoms with Crippen molar-refractivity contribution in [3.8, 4) is 0 Å². The highest BCUT2D eigenvalue weighted by molar-refractivity contribution is 7.99. The molecular weight excluding hydrogens is 300 g/mol. The van der Waals surface area contributed by atoms with E-state index in [1.165, 1.54) is 11.8 Å². The van der Waals surface area contributed by atoms with Gasteiger partial charge in [0, 0.05) is 21.8 Å². The fourth-order valence-electron chi connectivity index (χ4n) is 1.37. The van der Waals surface area contributed by atoms with Gasteiger partial charge in [0.1, 0.15) is 12.7 Å². The molecule has 0 aliphatic carbocycles. The lowest BCUT2D eigenvalue weighted by Crippen LogP contribution is -2.27. The molecule has 118 valence electrons. The maximum atomic E-state index is 11.7. The first-order valence-corrected chi connectivity index (χ1v) is 7.75. The summed E-state index contributed by atoms with van der Waals surface area (Å²) >= 11 is 1.52. The van der Waals surface area contributed by atoms with Gasteiger partial charge in [-0.25, -0.2) is 9.59 Å². The lowest BCUT2D eigenvalue weighted by Gasteiger charge is -2.18. The van der Waals surface area contributed by atoms with Gasteiger partial charge >= 0.3 is 11.9 Å². The summed E-state index contributed by atoms with van der Waals surface area (Å²) in [6.45, 7) is 10.2. The zero-order chi connectivity index (χ0) is 16.5. The molecule has 0 heterocycles. The van der Waals surface area contributed by atoms with Crippen molar-refractivity contribution in [2.45, 2.75) is 24.8 Å². The number of carbonyl (C=O) groups excluding carboxylic acids is 2. The number of hydrogen-bond acceptors (Lipinski definition) is 5. The molecule has 0 spiro atoms. The van der Waals surface area contributed by atoms with Gasteiger partial charge in [-0.15, -0.1) is 11.8 Å². The lowest BCUT2D eigenvalue weighted by molar-refractivity contribution is -0.152. The van der Waals surface area contributed by atoms with Gasteiger partial charge in [0.25, 0.3) is 0 Å². The molecule has 1 unspecified atom stereocenters. The molecule has 0 aliphatic rings. The molecule has 1 aromatic carbocycles. The normalized spacial score (nSPS) is 11.4. The van der Waals surface area contributed by atoms with Crippen LogP contribution in [0.2, 0.25) is 0 Å². The smallest absolute Gasteiger partial charge is 0.333 e. The number of benzene rings is 1. The van der Waals surface area contributed by atoms with E-state index in [1.54, 1.807) is 13.8 Å². The fourth-order valence-corrected chi connectivity index (χ4v) is 2.26. The first-order chi connectivity index (χ1) is 10.4. The Morgan fingerprint density at radius 3 is 2.23 bits per heavy atom. The Balaban J connectivity index is 2.60. The van der Waals surface area contributed by atoms with Crippen molar-refractivity contribution in [1.29, 1.82) is 0 Å². The molecule has 0 aromatic heterocycles. The van der Waals surface area contributed by atoms with E-state index < -0.39 is 18.0 Å². The topological polar surface area (TPSA) is 52.6 Å². The highest BCUT2D eigenvalue weighted by Gasteiger charge is 2.18. The average molecular weight is 320 g/mol. The molecule has 4 nitrogen and oxygen atoms in total. The summed E-state index contributed by atoms with van der Waals surface area (Å²) in [7, 11) is 0.